The Balaban J connectivity index is 2.51. The maximum atomic E-state index is 13.8. The van der Waals surface area contributed by atoms with Crippen molar-refractivity contribution in [1.29, 1.82) is 0 Å². The first kappa shape index (κ1) is 13.1. The van der Waals surface area contributed by atoms with Gasteiger partial charge in [-0.25, -0.2) is 4.39 Å². The second kappa shape index (κ2) is 5.50. The minimum Gasteiger partial charge on any atom is -0.496 e. The number of aliphatic hydroxyl groups is 1. The number of hydrogen-bond donors (Lipinski definition) is 1. The quantitative estimate of drug-likeness (QED) is 0.937. The maximum Gasteiger partial charge on any atom is 0.130 e. The van der Waals surface area contributed by atoms with Crippen molar-refractivity contribution in [1.82, 2.24) is 0 Å². The lowest BCUT2D eigenvalue weighted by Crippen LogP contribution is -2.05. The lowest BCUT2D eigenvalue weighted by Gasteiger charge is -2.16. The van der Waals surface area contributed by atoms with Crippen LogP contribution in [0.15, 0.2) is 46.9 Å². The third-order valence-electron chi connectivity index (χ3n) is 2.71. The average Bonchev–Trinajstić information content (AvgIpc) is 2.38. The van der Waals surface area contributed by atoms with E-state index in [4.69, 9.17) is 4.74 Å². The Morgan fingerprint density at radius 2 is 1.89 bits per heavy atom. The summed E-state index contributed by atoms with van der Waals surface area (Å²) in [6.07, 6.45) is -1.07. The number of hydrogen-bond acceptors (Lipinski definition) is 2. The van der Waals surface area contributed by atoms with Crippen LogP contribution in [0.25, 0.3) is 0 Å². The molecular weight excluding hydrogens is 299 g/mol. The molecule has 0 spiro atoms. The fourth-order valence-corrected chi connectivity index (χ4v) is 2.38. The van der Waals surface area contributed by atoms with E-state index in [0.717, 1.165) is 0 Å². The first-order chi connectivity index (χ1) is 8.65. The minimum absolute atomic E-state index is 0.210. The van der Waals surface area contributed by atoms with E-state index in [-0.39, 0.29) is 5.56 Å². The predicted octanol–water partition coefficient (Wildman–Crippen LogP) is 3.68. The van der Waals surface area contributed by atoms with E-state index in [9.17, 15) is 9.50 Å². The first-order valence-electron chi connectivity index (χ1n) is 5.40. The van der Waals surface area contributed by atoms with Gasteiger partial charge in [0.2, 0.25) is 0 Å². The van der Waals surface area contributed by atoms with Crippen LogP contribution in [0, 0.1) is 5.82 Å². The zero-order valence-corrected chi connectivity index (χ0v) is 11.3. The van der Waals surface area contributed by atoms with Crippen molar-refractivity contribution in [3.63, 3.8) is 0 Å². The highest BCUT2D eigenvalue weighted by Gasteiger charge is 2.20. The van der Waals surface area contributed by atoms with Crippen LogP contribution in [0.1, 0.15) is 17.2 Å². The molecule has 0 aliphatic carbocycles. The molecule has 0 fully saturated rings. The Hall–Kier alpha value is -1.39. The van der Waals surface area contributed by atoms with Gasteiger partial charge >= 0.3 is 0 Å². The summed E-state index contributed by atoms with van der Waals surface area (Å²) in [6.45, 7) is 0. The van der Waals surface area contributed by atoms with Gasteiger partial charge in [0, 0.05) is 15.6 Å². The van der Waals surface area contributed by atoms with Gasteiger partial charge in [0.1, 0.15) is 17.7 Å². The summed E-state index contributed by atoms with van der Waals surface area (Å²) >= 11 is 3.25. The van der Waals surface area contributed by atoms with Crippen LogP contribution >= 0.6 is 15.9 Å². The molecule has 18 heavy (non-hydrogen) atoms. The Labute approximate surface area is 113 Å². The highest BCUT2D eigenvalue weighted by atomic mass is 79.9. The maximum absolute atomic E-state index is 13.8. The van der Waals surface area contributed by atoms with Gasteiger partial charge in [0.25, 0.3) is 0 Å². The van der Waals surface area contributed by atoms with Crippen LogP contribution in [-0.2, 0) is 0 Å². The van der Waals surface area contributed by atoms with Crippen molar-refractivity contribution in [3.05, 3.63) is 63.9 Å². The fraction of sp³-hybridized carbons (Fsp3) is 0.143. The summed E-state index contributed by atoms with van der Waals surface area (Å²) in [6, 6.07) is 11.6. The SMILES string of the molecule is COc1ccccc1C(O)c1c(F)cccc1Br. The monoisotopic (exact) mass is 310 g/mol. The highest BCUT2D eigenvalue weighted by molar-refractivity contribution is 9.10. The lowest BCUT2D eigenvalue weighted by molar-refractivity contribution is 0.209. The van der Waals surface area contributed by atoms with E-state index >= 15 is 0 Å². The standard InChI is InChI=1S/C14H12BrFO2/c1-18-12-8-3-2-5-9(12)14(17)13-10(15)6-4-7-11(13)16/h2-8,14,17H,1H3. The molecule has 2 rings (SSSR count). The third-order valence-corrected chi connectivity index (χ3v) is 3.40. The Kier molecular flexibility index (Phi) is 3.99. The van der Waals surface area contributed by atoms with Gasteiger partial charge in [-0.1, -0.05) is 40.2 Å². The van der Waals surface area contributed by atoms with Crippen molar-refractivity contribution < 1.29 is 14.2 Å². The molecule has 0 radical (unpaired) electrons. The van der Waals surface area contributed by atoms with Crippen molar-refractivity contribution >= 4 is 15.9 Å². The summed E-state index contributed by atoms with van der Waals surface area (Å²) in [4.78, 5) is 0. The highest BCUT2D eigenvalue weighted by Crippen LogP contribution is 2.34. The van der Waals surface area contributed by atoms with Crippen molar-refractivity contribution in [2.24, 2.45) is 0 Å². The van der Waals surface area contributed by atoms with E-state index in [2.05, 4.69) is 15.9 Å². The van der Waals surface area contributed by atoms with Gasteiger partial charge in [-0.15, -0.1) is 0 Å². The number of aliphatic hydroxyl groups excluding tert-OH is 1. The van der Waals surface area contributed by atoms with Crippen molar-refractivity contribution in [3.8, 4) is 5.75 Å². The van der Waals surface area contributed by atoms with Gasteiger partial charge in [0.05, 0.1) is 7.11 Å². The van der Waals surface area contributed by atoms with Gasteiger partial charge in [-0.2, -0.15) is 0 Å². The fourth-order valence-electron chi connectivity index (χ4n) is 1.82. The summed E-state index contributed by atoms with van der Waals surface area (Å²) in [5.74, 6) is 0.0722. The molecule has 2 nitrogen and oxygen atoms in total. The zero-order chi connectivity index (χ0) is 13.1. The molecule has 2 aromatic rings. The topological polar surface area (TPSA) is 29.5 Å². The van der Waals surface area contributed by atoms with E-state index in [0.29, 0.717) is 15.8 Å². The van der Waals surface area contributed by atoms with Gasteiger partial charge in [-0.05, 0) is 18.2 Å². The summed E-state index contributed by atoms with van der Waals surface area (Å²) in [5.41, 5.74) is 0.743. The Morgan fingerprint density at radius 3 is 2.56 bits per heavy atom. The average molecular weight is 311 g/mol. The molecule has 0 amide bonds. The number of rotatable bonds is 3. The van der Waals surface area contributed by atoms with Crippen LogP contribution in [0.5, 0.6) is 5.75 Å². The van der Waals surface area contributed by atoms with Gasteiger partial charge in [0.15, 0.2) is 0 Å². The third kappa shape index (κ3) is 2.40. The second-order valence-electron chi connectivity index (χ2n) is 3.78. The smallest absolute Gasteiger partial charge is 0.130 e. The Morgan fingerprint density at radius 1 is 1.17 bits per heavy atom. The molecule has 1 unspecified atom stereocenters. The lowest BCUT2D eigenvalue weighted by atomic mass is 10.0. The van der Waals surface area contributed by atoms with Crippen LogP contribution in [0.4, 0.5) is 4.39 Å². The number of para-hydroxylation sites is 1. The van der Waals surface area contributed by atoms with Gasteiger partial charge in [-0.3, -0.25) is 0 Å². The van der Waals surface area contributed by atoms with Crippen LogP contribution in [0.2, 0.25) is 0 Å². The predicted molar refractivity (Wildman–Crippen MR) is 71.2 cm³/mol. The molecule has 0 saturated carbocycles. The number of methoxy groups -OCH3 is 1. The summed E-state index contributed by atoms with van der Waals surface area (Å²) in [7, 11) is 1.52. The second-order valence-corrected chi connectivity index (χ2v) is 4.63. The molecule has 0 aliphatic heterocycles. The molecule has 1 atom stereocenters. The van der Waals surface area contributed by atoms with E-state index in [1.807, 2.05) is 0 Å². The van der Waals surface area contributed by atoms with Crippen LogP contribution < -0.4 is 4.74 Å². The summed E-state index contributed by atoms with van der Waals surface area (Å²) in [5, 5.41) is 10.3. The van der Waals surface area contributed by atoms with Crippen molar-refractivity contribution in [2.75, 3.05) is 7.11 Å². The summed E-state index contributed by atoms with van der Waals surface area (Å²) < 4.78 is 19.5. The molecule has 0 aromatic heterocycles. The largest absolute Gasteiger partial charge is 0.496 e. The van der Waals surface area contributed by atoms with E-state index in [1.165, 1.54) is 13.2 Å². The molecule has 94 valence electrons. The normalized spacial score (nSPS) is 12.2. The molecule has 4 heteroatoms. The molecule has 0 aliphatic rings. The zero-order valence-electron chi connectivity index (χ0n) is 9.73. The molecule has 2 aromatic carbocycles. The minimum atomic E-state index is -1.07. The van der Waals surface area contributed by atoms with E-state index in [1.54, 1.807) is 36.4 Å². The van der Waals surface area contributed by atoms with Crippen LogP contribution in [-0.4, -0.2) is 12.2 Å². The van der Waals surface area contributed by atoms with Crippen molar-refractivity contribution in [2.45, 2.75) is 6.10 Å². The molecule has 0 bridgehead atoms. The van der Waals surface area contributed by atoms with Crippen LogP contribution in [0.3, 0.4) is 0 Å². The molecule has 0 saturated heterocycles. The first-order valence-corrected chi connectivity index (χ1v) is 6.19. The number of ether oxygens (including phenoxy) is 1. The van der Waals surface area contributed by atoms with E-state index < -0.39 is 11.9 Å². The molecule has 1 N–H and O–H groups in total. The Bertz CT molecular complexity index is 537. The number of halogens is 2. The molecular formula is C14H12BrFO2. The molecule has 0 heterocycles. The number of benzene rings is 2. The van der Waals surface area contributed by atoms with Gasteiger partial charge < -0.3 is 9.84 Å².